The lowest BCUT2D eigenvalue weighted by molar-refractivity contribution is 0.191. The number of hydrogen-bond acceptors (Lipinski definition) is 5. The lowest BCUT2D eigenvalue weighted by atomic mass is 10.1. The van der Waals surface area contributed by atoms with Gasteiger partial charge in [-0.2, -0.15) is 0 Å². The molecular weight excluding hydrogens is 232 g/mol. The number of H-pyrrole nitrogens is 1. The average Bonchev–Trinajstić information content (AvgIpc) is 2.38. The second-order valence-corrected chi connectivity index (χ2v) is 3.83. The summed E-state index contributed by atoms with van der Waals surface area (Å²) in [6.45, 7) is 0.198. The van der Waals surface area contributed by atoms with Crippen LogP contribution < -0.4 is 16.6 Å². The van der Waals surface area contributed by atoms with Crippen LogP contribution in [0.25, 0.3) is 0 Å². The number of nitrogen functional groups attached to an aromatic ring is 1. The number of aromatic nitrogens is 2. The maximum Gasteiger partial charge on any atom is 0.290 e. The molecule has 0 aliphatic rings. The number of rotatable bonds is 4. The zero-order valence-corrected chi connectivity index (χ0v) is 9.63. The van der Waals surface area contributed by atoms with Gasteiger partial charge in [0, 0.05) is 24.6 Å². The first kappa shape index (κ1) is 12.1. The molecule has 0 radical (unpaired) electrons. The van der Waals surface area contributed by atoms with Gasteiger partial charge in [-0.3, -0.25) is 4.79 Å². The highest BCUT2D eigenvalue weighted by atomic mass is 16.3. The molecule has 1 aromatic carbocycles. The third kappa shape index (κ3) is 2.86. The smallest absolute Gasteiger partial charge is 0.290 e. The Kier molecular flexibility index (Phi) is 3.59. The van der Waals surface area contributed by atoms with Gasteiger partial charge in [0.05, 0.1) is 6.10 Å². The molecule has 0 saturated carbocycles. The Labute approximate surface area is 104 Å². The molecule has 1 aromatic heterocycles. The molecule has 0 amide bonds. The van der Waals surface area contributed by atoms with Crippen molar-refractivity contribution in [3.8, 4) is 0 Å². The van der Waals surface area contributed by atoms with Gasteiger partial charge in [-0.25, -0.2) is 4.98 Å². The molecule has 0 fully saturated rings. The first-order valence-electron chi connectivity index (χ1n) is 5.48. The highest BCUT2D eigenvalue weighted by molar-refractivity contribution is 5.40. The normalized spacial score (nSPS) is 12.1. The van der Waals surface area contributed by atoms with Gasteiger partial charge < -0.3 is 21.1 Å². The molecule has 1 unspecified atom stereocenters. The van der Waals surface area contributed by atoms with Crippen molar-refractivity contribution < 1.29 is 5.11 Å². The van der Waals surface area contributed by atoms with Crippen molar-refractivity contribution in [2.75, 3.05) is 17.6 Å². The predicted octanol–water partition coefficient (Wildman–Crippen LogP) is 0.498. The zero-order chi connectivity index (χ0) is 13.0. The van der Waals surface area contributed by atoms with E-state index in [0.717, 1.165) is 5.56 Å². The van der Waals surface area contributed by atoms with E-state index in [1.165, 1.54) is 12.4 Å². The van der Waals surface area contributed by atoms with Crippen LogP contribution in [0.2, 0.25) is 0 Å². The minimum atomic E-state index is -0.730. The largest absolute Gasteiger partial charge is 0.399 e. The molecule has 5 N–H and O–H groups in total. The Hall–Kier alpha value is -2.34. The summed E-state index contributed by atoms with van der Waals surface area (Å²) in [6, 6.07) is 6.91. The number of nitrogens with one attached hydrogen (secondary N) is 2. The number of aromatic amines is 1. The maximum atomic E-state index is 11.3. The number of anilines is 2. The monoisotopic (exact) mass is 246 g/mol. The number of benzene rings is 1. The first-order valence-corrected chi connectivity index (χ1v) is 5.48. The SMILES string of the molecule is Nc1ccc(C(O)CNc2ncc[nH]c2=O)cc1. The second-order valence-electron chi connectivity index (χ2n) is 3.83. The van der Waals surface area contributed by atoms with Gasteiger partial charge in [0.2, 0.25) is 0 Å². The topological polar surface area (TPSA) is 104 Å². The molecule has 1 atom stereocenters. The summed E-state index contributed by atoms with van der Waals surface area (Å²) in [4.78, 5) is 17.7. The molecule has 0 aliphatic heterocycles. The molecule has 0 spiro atoms. The van der Waals surface area contributed by atoms with Gasteiger partial charge in [0.25, 0.3) is 5.56 Å². The van der Waals surface area contributed by atoms with Crippen molar-refractivity contribution in [1.82, 2.24) is 9.97 Å². The summed E-state index contributed by atoms with van der Waals surface area (Å²) in [6.07, 6.45) is 2.19. The standard InChI is InChI=1S/C12H14N4O2/c13-9-3-1-8(2-4-9)10(17)7-16-11-12(18)15-6-5-14-11/h1-6,10,17H,7,13H2,(H,14,16)(H,15,18). The van der Waals surface area contributed by atoms with E-state index in [2.05, 4.69) is 15.3 Å². The number of aliphatic hydroxyl groups excluding tert-OH is 1. The predicted molar refractivity (Wildman–Crippen MR) is 69.2 cm³/mol. The summed E-state index contributed by atoms with van der Waals surface area (Å²) in [5.41, 5.74) is 6.61. The Morgan fingerprint density at radius 1 is 1.39 bits per heavy atom. The number of aliphatic hydroxyl groups is 1. The van der Waals surface area contributed by atoms with Crippen LogP contribution in [0.1, 0.15) is 11.7 Å². The van der Waals surface area contributed by atoms with E-state index in [1.807, 2.05) is 0 Å². The fourth-order valence-electron chi connectivity index (χ4n) is 1.51. The van der Waals surface area contributed by atoms with Gasteiger partial charge >= 0.3 is 0 Å². The van der Waals surface area contributed by atoms with Crippen molar-refractivity contribution >= 4 is 11.5 Å². The van der Waals surface area contributed by atoms with Gasteiger partial charge in [-0.05, 0) is 17.7 Å². The Morgan fingerprint density at radius 3 is 2.78 bits per heavy atom. The summed E-state index contributed by atoms with van der Waals surface area (Å²) in [5, 5.41) is 12.7. The van der Waals surface area contributed by atoms with Crippen LogP contribution in [-0.4, -0.2) is 21.6 Å². The van der Waals surface area contributed by atoms with Gasteiger partial charge in [0.1, 0.15) is 0 Å². The average molecular weight is 246 g/mol. The Morgan fingerprint density at radius 2 is 2.11 bits per heavy atom. The second kappa shape index (κ2) is 5.33. The molecule has 18 heavy (non-hydrogen) atoms. The summed E-state index contributed by atoms with van der Waals surface area (Å²) in [5.74, 6) is 0.187. The molecule has 6 nitrogen and oxygen atoms in total. The minimum absolute atomic E-state index is 0.187. The fourth-order valence-corrected chi connectivity index (χ4v) is 1.51. The molecule has 0 saturated heterocycles. The van der Waals surface area contributed by atoms with E-state index in [0.29, 0.717) is 5.69 Å². The lowest BCUT2D eigenvalue weighted by Crippen LogP contribution is -2.19. The summed E-state index contributed by atoms with van der Waals surface area (Å²) < 4.78 is 0. The maximum absolute atomic E-state index is 11.3. The van der Waals surface area contributed by atoms with Crippen molar-refractivity contribution in [2.24, 2.45) is 0 Å². The highest BCUT2D eigenvalue weighted by Gasteiger charge is 2.08. The summed E-state index contributed by atoms with van der Waals surface area (Å²) >= 11 is 0. The zero-order valence-electron chi connectivity index (χ0n) is 9.63. The van der Waals surface area contributed by atoms with E-state index in [-0.39, 0.29) is 17.9 Å². The Balaban J connectivity index is 2.00. The molecular formula is C12H14N4O2. The van der Waals surface area contributed by atoms with Gasteiger partial charge in [0.15, 0.2) is 5.82 Å². The molecule has 94 valence electrons. The molecule has 2 aromatic rings. The molecule has 6 heteroatoms. The van der Waals surface area contributed by atoms with Crippen LogP contribution in [0.3, 0.4) is 0 Å². The lowest BCUT2D eigenvalue weighted by Gasteiger charge is -2.12. The number of hydrogen-bond donors (Lipinski definition) is 4. The van der Waals surface area contributed by atoms with Crippen molar-refractivity contribution in [3.63, 3.8) is 0 Å². The van der Waals surface area contributed by atoms with E-state index in [9.17, 15) is 9.90 Å². The number of nitrogens with two attached hydrogens (primary N) is 1. The van der Waals surface area contributed by atoms with Crippen molar-refractivity contribution in [2.45, 2.75) is 6.10 Å². The molecule has 1 heterocycles. The first-order chi connectivity index (χ1) is 8.66. The van der Waals surface area contributed by atoms with E-state index in [1.54, 1.807) is 24.3 Å². The van der Waals surface area contributed by atoms with Crippen LogP contribution in [0.4, 0.5) is 11.5 Å². The quantitative estimate of drug-likeness (QED) is 0.588. The summed E-state index contributed by atoms with van der Waals surface area (Å²) in [7, 11) is 0. The van der Waals surface area contributed by atoms with E-state index >= 15 is 0 Å². The highest BCUT2D eigenvalue weighted by Crippen LogP contribution is 2.14. The third-order valence-corrected chi connectivity index (χ3v) is 2.49. The van der Waals surface area contributed by atoms with Crippen LogP contribution in [0, 0.1) is 0 Å². The third-order valence-electron chi connectivity index (χ3n) is 2.49. The van der Waals surface area contributed by atoms with Crippen LogP contribution >= 0.6 is 0 Å². The minimum Gasteiger partial charge on any atom is -0.399 e. The number of nitrogens with zero attached hydrogens (tertiary/aromatic N) is 1. The van der Waals surface area contributed by atoms with Crippen LogP contribution in [0.15, 0.2) is 41.5 Å². The van der Waals surface area contributed by atoms with Crippen LogP contribution in [-0.2, 0) is 0 Å². The van der Waals surface area contributed by atoms with Gasteiger partial charge in [-0.1, -0.05) is 12.1 Å². The van der Waals surface area contributed by atoms with Crippen molar-refractivity contribution in [1.29, 1.82) is 0 Å². The van der Waals surface area contributed by atoms with Crippen LogP contribution in [0.5, 0.6) is 0 Å². The van der Waals surface area contributed by atoms with Gasteiger partial charge in [-0.15, -0.1) is 0 Å². The van der Waals surface area contributed by atoms with E-state index in [4.69, 9.17) is 5.73 Å². The Bertz CT molecular complexity index is 565. The fraction of sp³-hybridized carbons (Fsp3) is 0.167. The van der Waals surface area contributed by atoms with E-state index < -0.39 is 6.10 Å². The van der Waals surface area contributed by atoms with Crippen molar-refractivity contribution in [3.05, 3.63) is 52.6 Å². The molecule has 0 bridgehead atoms. The molecule has 2 rings (SSSR count). The molecule has 0 aliphatic carbocycles.